The van der Waals surface area contributed by atoms with E-state index in [9.17, 15) is 9.90 Å². The molecule has 5 nitrogen and oxygen atoms in total. The van der Waals surface area contributed by atoms with E-state index in [1.807, 2.05) is 57.2 Å². The summed E-state index contributed by atoms with van der Waals surface area (Å²) in [5.41, 5.74) is 4.19. The molecule has 31 heavy (non-hydrogen) atoms. The number of benzene rings is 2. The van der Waals surface area contributed by atoms with Crippen molar-refractivity contribution in [1.29, 1.82) is 0 Å². The molecular formula is C25H26ClNO4. The van der Waals surface area contributed by atoms with Gasteiger partial charge in [0.25, 0.3) is 0 Å². The molecule has 1 N–H and O–H groups in total. The molecule has 0 aliphatic heterocycles. The van der Waals surface area contributed by atoms with Crippen LogP contribution in [0.1, 0.15) is 40.5 Å². The molecule has 2 aromatic carbocycles. The first kappa shape index (κ1) is 22.6. The maximum atomic E-state index is 11.7. The fourth-order valence-electron chi connectivity index (χ4n) is 3.42. The van der Waals surface area contributed by atoms with E-state index in [0.29, 0.717) is 37.4 Å². The zero-order valence-corrected chi connectivity index (χ0v) is 18.7. The van der Waals surface area contributed by atoms with Crippen molar-refractivity contribution in [2.75, 3.05) is 13.2 Å². The average Bonchev–Trinajstić information content (AvgIpc) is 2.75. The van der Waals surface area contributed by atoms with Gasteiger partial charge in [-0.15, -0.1) is 0 Å². The smallest absolute Gasteiger partial charge is 0.337 e. The topological polar surface area (TPSA) is 68.7 Å². The first-order valence-electron chi connectivity index (χ1n) is 10.3. The fraction of sp³-hybridized carbons (Fsp3) is 0.280. The van der Waals surface area contributed by atoms with Gasteiger partial charge in [-0.2, -0.15) is 0 Å². The summed E-state index contributed by atoms with van der Waals surface area (Å²) in [7, 11) is 0. The van der Waals surface area contributed by atoms with E-state index < -0.39 is 5.97 Å². The van der Waals surface area contributed by atoms with Gasteiger partial charge in [0.1, 0.15) is 11.5 Å². The molecule has 0 aliphatic carbocycles. The molecule has 0 saturated carbocycles. The molecule has 162 valence electrons. The molecule has 1 aromatic heterocycles. The second-order valence-corrected chi connectivity index (χ2v) is 7.63. The van der Waals surface area contributed by atoms with Gasteiger partial charge in [-0.1, -0.05) is 23.7 Å². The SMILES string of the molecule is CCOc1ccccc1-c1ccc(C(=O)O)c(CCCOc2cc(C)c(Cl)c(C)c2)n1. The van der Waals surface area contributed by atoms with Crippen LogP contribution in [0.25, 0.3) is 11.3 Å². The van der Waals surface area contributed by atoms with Gasteiger partial charge in [-0.3, -0.25) is 4.98 Å². The lowest BCUT2D eigenvalue weighted by Gasteiger charge is -2.13. The summed E-state index contributed by atoms with van der Waals surface area (Å²) >= 11 is 6.21. The second-order valence-electron chi connectivity index (χ2n) is 7.25. The number of pyridine rings is 1. The van der Waals surface area contributed by atoms with Crippen LogP contribution in [0.15, 0.2) is 48.5 Å². The number of carboxylic acids is 1. The Morgan fingerprint density at radius 2 is 1.77 bits per heavy atom. The van der Waals surface area contributed by atoms with Gasteiger partial charge >= 0.3 is 5.97 Å². The van der Waals surface area contributed by atoms with Crippen molar-refractivity contribution < 1.29 is 19.4 Å². The maximum Gasteiger partial charge on any atom is 0.337 e. The minimum absolute atomic E-state index is 0.204. The molecule has 0 radical (unpaired) electrons. The van der Waals surface area contributed by atoms with Gasteiger partial charge in [0.05, 0.1) is 30.2 Å². The lowest BCUT2D eigenvalue weighted by atomic mass is 10.0. The number of carboxylic acid groups (broad SMARTS) is 1. The zero-order chi connectivity index (χ0) is 22.4. The molecule has 0 unspecified atom stereocenters. The first-order chi connectivity index (χ1) is 14.9. The molecule has 0 spiro atoms. The Morgan fingerprint density at radius 1 is 1.06 bits per heavy atom. The third-order valence-electron chi connectivity index (χ3n) is 4.90. The predicted octanol–water partition coefficient (Wildman–Crippen LogP) is 6.13. The Bertz CT molecular complexity index is 1060. The summed E-state index contributed by atoms with van der Waals surface area (Å²) in [5, 5.41) is 10.3. The fourth-order valence-corrected chi connectivity index (χ4v) is 3.52. The van der Waals surface area contributed by atoms with Gasteiger partial charge in [-0.25, -0.2) is 4.79 Å². The van der Waals surface area contributed by atoms with E-state index in [-0.39, 0.29) is 5.56 Å². The van der Waals surface area contributed by atoms with Crippen LogP contribution < -0.4 is 9.47 Å². The van der Waals surface area contributed by atoms with Crippen LogP contribution in [0.2, 0.25) is 5.02 Å². The summed E-state index contributed by atoms with van der Waals surface area (Å²) in [6.45, 7) is 6.79. The quantitative estimate of drug-likeness (QED) is 0.406. The predicted molar refractivity (Wildman–Crippen MR) is 123 cm³/mol. The van der Waals surface area contributed by atoms with E-state index >= 15 is 0 Å². The van der Waals surface area contributed by atoms with Gasteiger partial charge in [0.15, 0.2) is 0 Å². The number of aromatic carboxylic acids is 1. The molecule has 0 fully saturated rings. The Morgan fingerprint density at radius 3 is 2.45 bits per heavy atom. The number of halogens is 1. The number of rotatable bonds is 9. The third-order valence-corrected chi connectivity index (χ3v) is 5.50. The van der Waals surface area contributed by atoms with Crippen LogP contribution in [0, 0.1) is 13.8 Å². The van der Waals surface area contributed by atoms with Crippen molar-refractivity contribution >= 4 is 17.6 Å². The minimum Gasteiger partial charge on any atom is -0.494 e. The first-order valence-corrected chi connectivity index (χ1v) is 10.6. The van der Waals surface area contributed by atoms with E-state index in [4.69, 9.17) is 21.1 Å². The van der Waals surface area contributed by atoms with Crippen LogP contribution in [-0.2, 0) is 6.42 Å². The largest absolute Gasteiger partial charge is 0.494 e. The number of hydrogen-bond acceptors (Lipinski definition) is 4. The highest BCUT2D eigenvalue weighted by molar-refractivity contribution is 6.32. The van der Waals surface area contributed by atoms with Crippen molar-refractivity contribution in [2.24, 2.45) is 0 Å². The number of nitrogens with zero attached hydrogens (tertiary/aromatic N) is 1. The van der Waals surface area contributed by atoms with Gasteiger partial charge in [0.2, 0.25) is 0 Å². The number of carbonyl (C=O) groups is 1. The Labute approximate surface area is 187 Å². The summed E-state index contributed by atoms with van der Waals surface area (Å²) in [4.78, 5) is 16.3. The van der Waals surface area contributed by atoms with Crippen molar-refractivity contribution in [3.8, 4) is 22.8 Å². The molecule has 1 heterocycles. The number of para-hydroxylation sites is 1. The second kappa shape index (κ2) is 10.3. The summed E-state index contributed by atoms with van der Waals surface area (Å²) in [6, 6.07) is 14.8. The lowest BCUT2D eigenvalue weighted by molar-refractivity contribution is 0.0695. The van der Waals surface area contributed by atoms with Crippen LogP contribution in [0.4, 0.5) is 0 Å². The number of aromatic nitrogens is 1. The Hall–Kier alpha value is -3.05. The van der Waals surface area contributed by atoms with E-state index in [1.165, 1.54) is 0 Å². The molecule has 3 rings (SSSR count). The summed E-state index contributed by atoms with van der Waals surface area (Å²) in [6.07, 6.45) is 1.11. The van der Waals surface area contributed by atoms with E-state index in [1.54, 1.807) is 12.1 Å². The van der Waals surface area contributed by atoms with Crippen molar-refractivity contribution in [1.82, 2.24) is 4.98 Å². The van der Waals surface area contributed by atoms with Crippen LogP contribution in [0.5, 0.6) is 11.5 Å². The number of ether oxygens (including phenoxy) is 2. The monoisotopic (exact) mass is 439 g/mol. The minimum atomic E-state index is -0.989. The number of hydrogen-bond donors (Lipinski definition) is 1. The standard InChI is InChI=1S/C25H26ClNO4/c1-4-30-23-10-6-5-8-19(23)22-12-11-20(25(28)29)21(27-22)9-7-13-31-18-14-16(2)24(26)17(3)15-18/h5-6,8,10-12,14-15H,4,7,9,13H2,1-3H3,(H,28,29). The Kier molecular flexibility index (Phi) is 7.53. The summed E-state index contributed by atoms with van der Waals surface area (Å²) in [5.74, 6) is 0.491. The van der Waals surface area contributed by atoms with Gasteiger partial charge < -0.3 is 14.6 Å². The van der Waals surface area contributed by atoms with E-state index in [2.05, 4.69) is 4.98 Å². The highest BCUT2D eigenvalue weighted by atomic mass is 35.5. The molecule has 0 saturated heterocycles. The highest BCUT2D eigenvalue weighted by Crippen LogP contribution is 2.30. The maximum absolute atomic E-state index is 11.7. The van der Waals surface area contributed by atoms with Gasteiger partial charge in [0, 0.05) is 10.6 Å². The van der Waals surface area contributed by atoms with Crippen LogP contribution in [0.3, 0.4) is 0 Å². The molecule has 0 atom stereocenters. The molecule has 6 heteroatoms. The molecule has 0 aliphatic rings. The van der Waals surface area contributed by atoms with Crippen LogP contribution in [-0.4, -0.2) is 29.3 Å². The van der Waals surface area contributed by atoms with Crippen molar-refractivity contribution in [3.05, 3.63) is 75.9 Å². The van der Waals surface area contributed by atoms with Crippen LogP contribution >= 0.6 is 11.6 Å². The molecule has 0 amide bonds. The highest BCUT2D eigenvalue weighted by Gasteiger charge is 2.15. The normalized spacial score (nSPS) is 10.7. The summed E-state index contributed by atoms with van der Waals surface area (Å²) < 4.78 is 11.6. The lowest BCUT2D eigenvalue weighted by Crippen LogP contribution is -2.08. The molecule has 0 bridgehead atoms. The third kappa shape index (κ3) is 5.56. The van der Waals surface area contributed by atoms with E-state index in [0.717, 1.165) is 33.2 Å². The molecular weight excluding hydrogens is 414 g/mol. The molecule has 3 aromatic rings. The average molecular weight is 440 g/mol. The number of aryl methyl sites for hydroxylation is 3. The Balaban J connectivity index is 1.76. The van der Waals surface area contributed by atoms with Gasteiger partial charge in [-0.05, 0) is 81.1 Å². The van der Waals surface area contributed by atoms with Crippen molar-refractivity contribution in [2.45, 2.75) is 33.6 Å². The zero-order valence-electron chi connectivity index (χ0n) is 17.9. The van der Waals surface area contributed by atoms with Crippen molar-refractivity contribution in [3.63, 3.8) is 0 Å².